The van der Waals surface area contributed by atoms with Crippen molar-refractivity contribution in [2.45, 2.75) is 101 Å². The Morgan fingerprint density at radius 2 is 1.00 bits per heavy atom. The maximum Gasteiger partial charge on any atom is 0.239 e. The normalized spacial score (nSPS) is 10.8. The van der Waals surface area contributed by atoms with Gasteiger partial charge in [0.15, 0.2) is 0 Å². The van der Waals surface area contributed by atoms with Crippen LogP contribution in [0.5, 0.6) is 0 Å². The molecule has 0 atom stereocenters. The van der Waals surface area contributed by atoms with E-state index in [1.165, 1.54) is 64.2 Å². The zero-order chi connectivity index (χ0) is 17.1. The second-order valence-electron chi connectivity index (χ2n) is 6.11. The van der Waals surface area contributed by atoms with Gasteiger partial charge in [0.25, 0.3) is 0 Å². The molecular weight excluding hydrogens is 385 g/mol. The molecule has 0 fully saturated rings. The van der Waals surface area contributed by atoms with E-state index in [0.29, 0.717) is 0 Å². The van der Waals surface area contributed by atoms with Crippen LogP contribution in [0.2, 0.25) is 10.0 Å². The van der Waals surface area contributed by atoms with Crippen LogP contribution in [0.1, 0.15) is 90.9 Å². The summed E-state index contributed by atoms with van der Waals surface area (Å²) in [5, 5.41) is 3.35. The molecule has 6 heteroatoms. The van der Waals surface area contributed by atoms with Crippen LogP contribution >= 0.6 is 17.9 Å². The molecule has 0 aliphatic carbocycles. The molecule has 0 aliphatic heterocycles. The molecule has 0 aliphatic rings. The number of unbranched alkanes of at least 4 members (excludes halogenated alkanes) is 10. The van der Waals surface area contributed by atoms with E-state index in [1.54, 1.807) is 22.9 Å². The molecule has 0 bridgehead atoms. The van der Waals surface area contributed by atoms with E-state index >= 15 is 0 Å². The van der Waals surface area contributed by atoms with Crippen molar-refractivity contribution in [2.75, 3.05) is 0 Å². The van der Waals surface area contributed by atoms with Crippen molar-refractivity contribution in [3.63, 3.8) is 0 Å². The molecule has 0 aromatic carbocycles. The fourth-order valence-electron chi connectivity index (χ4n) is 2.44. The van der Waals surface area contributed by atoms with Crippen LogP contribution in [0.25, 0.3) is 0 Å². The smallest absolute Gasteiger partial charge is 0.239 e. The first kappa shape index (κ1) is 25.8. The number of rotatable bonds is 14. The van der Waals surface area contributed by atoms with Crippen molar-refractivity contribution in [2.24, 2.45) is 0 Å². The molecule has 0 spiro atoms. The minimum Gasteiger partial charge on any atom is -0.338 e. The predicted octanol–water partition coefficient (Wildman–Crippen LogP) is 6.75. The Balaban J connectivity index is 0. The van der Waals surface area contributed by atoms with Crippen LogP contribution in [0.4, 0.5) is 0 Å². The van der Waals surface area contributed by atoms with Gasteiger partial charge < -0.3 is 9.79 Å². The van der Waals surface area contributed by atoms with E-state index in [9.17, 15) is 0 Å². The van der Waals surface area contributed by atoms with Gasteiger partial charge in [-0.05, 0) is 11.8 Å². The Labute approximate surface area is 157 Å². The summed E-state index contributed by atoms with van der Waals surface area (Å²) in [6.07, 6.45) is 17.9. The van der Waals surface area contributed by atoms with Crippen molar-refractivity contribution in [3.8, 4) is 0 Å². The van der Waals surface area contributed by atoms with E-state index in [0.717, 1.165) is 0 Å². The number of hydrogen-bond acceptors (Lipinski definition) is 1. The van der Waals surface area contributed by atoms with Crippen LogP contribution in [0.3, 0.4) is 0 Å². The van der Waals surface area contributed by atoms with Crippen LogP contribution in [-0.2, 0) is 28.9 Å². The second kappa shape index (κ2) is 20.6. The van der Waals surface area contributed by atoms with Crippen molar-refractivity contribution in [1.82, 2.24) is 0 Å². The third kappa shape index (κ3) is 37.6. The van der Waals surface area contributed by atoms with Gasteiger partial charge in [-0.2, -0.15) is 0 Å². The Kier molecular flexibility index (Phi) is 24.1. The van der Waals surface area contributed by atoms with Gasteiger partial charge in [0.1, 0.15) is 0 Å². The van der Waals surface area contributed by atoms with Gasteiger partial charge in [-0.25, -0.2) is 0 Å². The predicted molar refractivity (Wildman–Crippen MR) is 104 cm³/mol. The average molecular weight is 422 g/mol. The quantitative estimate of drug-likeness (QED) is 0.126. The molecular formula is C16H37O2PS2Zn. The molecule has 0 saturated carbocycles. The maximum absolute atomic E-state index is 7.87. The SMILES string of the molecule is CCCCCCC[CH2][Zn][CH2]CCCCCCC.OP(O)(=S)S. The van der Waals surface area contributed by atoms with Crippen LogP contribution in [-0.4, -0.2) is 9.79 Å². The minimum atomic E-state index is -3.11. The molecule has 0 radical (unpaired) electrons. The molecule has 2 nitrogen and oxygen atoms in total. The molecule has 0 heterocycles. The summed E-state index contributed by atoms with van der Waals surface area (Å²) >= 11 is 7.00. The molecule has 132 valence electrons. The first-order chi connectivity index (χ1) is 10.4. The summed E-state index contributed by atoms with van der Waals surface area (Å²) in [4.78, 5) is 15.7. The summed E-state index contributed by atoms with van der Waals surface area (Å²) in [6.45, 7) is 4.60. The first-order valence-electron chi connectivity index (χ1n) is 9.20. The third-order valence-corrected chi connectivity index (χ3v) is 7.90. The fraction of sp³-hybridized carbons (Fsp3) is 1.00. The van der Waals surface area contributed by atoms with Gasteiger partial charge in [0.05, 0.1) is 0 Å². The molecule has 22 heavy (non-hydrogen) atoms. The summed E-state index contributed by atoms with van der Waals surface area (Å²) in [5.41, 5.74) is -3.11. The van der Waals surface area contributed by atoms with Gasteiger partial charge in [-0.3, -0.25) is 0 Å². The summed E-state index contributed by atoms with van der Waals surface area (Å²) in [7, 11) is 0. The Morgan fingerprint density at radius 3 is 1.32 bits per heavy atom. The molecule has 0 amide bonds. The Morgan fingerprint density at radius 1 is 0.727 bits per heavy atom. The Hall–Kier alpha value is 1.54. The molecule has 0 saturated heterocycles. The Bertz CT molecular complexity index is 228. The molecule has 0 rings (SSSR count). The summed E-state index contributed by atoms with van der Waals surface area (Å²) in [6, 6.07) is 0. The topological polar surface area (TPSA) is 40.5 Å². The van der Waals surface area contributed by atoms with Gasteiger partial charge in [0, 0.05) is 0 Å². The molecule has 2 N–H and O–H groups in total. The molecule has 0 unspecified atom stereocenters. The van der Waals surface area contributed by atoms with Crippen molar-refractivity contribution >= 4 is 29.7 Å². The van der Waals surface area contributed by atoms with Crippen molar-refractivity contribution < 1.29 is 26.9 Å². The van der Waals surface area contributed by atoms with Crippen molar-refractivity contribution in [3.05, 3.63) is 0 Å². The largest absolute Gasteiger partial charge is 0.338 e. The number of thiol groups is 1. The fourth-order valence-corrected chi connectivity index (χ4v) is 6.15. The van der Waals surface area contributed by atoms with E-state index in [2.05, 4.69) is 37.9 Å². The van der Waals surface area contributed by atoms with Gasteiger partial charge in [-0.15, -0.1) is 0 Å². The minimum absolute atomic E-state index is 0.0720. The maximum atomic E-state index is 7.87. The molecule has 0 aromatic heterocycles. The number of hydrogen-bond donors (Lipinski definition) is 3. The van der Waals surface area contributed by atoms with E-state index in [4.69, 9.17) is 9.79 Å². The van der Waals surface area contributed by atoms with Gasteiger partial charge in [0.2, 0.25) is 5.69 Å². The van der Waals surface area contributed by atoms with E-state index in [1.807, 2.05) is 0 Å². The van der Waals surface area contributed by atoms with Crippen molar-refractivity contribution in [1.29, 1.82) is 0 Å². The van der Waals surface area contributed by atoms with E-state index < -0.39 is 5.69 Å². The van der Waals surface area contributed by atoms with Crippen LogP contribution in [0.15, 0.2) is 0 Å². The third-order valence-electron chi connectivity index (χ3n) is 3.71. The monoisotopic (exact) mass is 420 g/mol. The average Bonchev–Trinajstić information content (AvgIpc) is 2.42. The first-order valence-corrected chi connectivity index (χ1v) is 17.3. The molecule has 0 aromatic rings. The summed E-state index contributed by atoms with van der Waals surface area (Å²) < 4.78 is 0. The zero-order valence-corrected chi connectivity index (χ0v) is 20.4. The second-order valence-corrected chi connectivity index (χ2v) is 15.6. The standard InChI is InChI=1S/2C8H17.H3O2PS2.Zn/c2*1-3-5-7-8-6-4-2;1-3(2,4)5;/h2*1,3-8H2,2H3;(H3,1,2,4,5);. The summed E-state index contributed by atoms with van der Waals surface area (Å²) in [5.74, 6) is 0. The van der Waals surface area contributed by atoms with Gasteiger partial charge in [-0.1, -0.05) is 12.2 Å². The van der Waals surface area contributed by atoms with Crippen LogP contribution in [0, 0.1) is 0 Å². The van der Waals surface area contributed by atoms with Gasteiger partial charge >= 0.3 is 118 Å². The zero-order valence-electron chi connectivity index (χ0n) is 14.8. The van der Waals surface area contributed by atoms with E-state index in [-0.39, 0.29) is 17.1 Å². The van der Waals surface area contributed by atoms with Crippen LogP contribution < -0.4 is 0 Å².